The van der Waals surface area contributed by atoms with Crippen LogP contribution in [0.3, 0.4) is 0 Å². The first-order valence-corrected chi connectivity index (χ1v) is 9.74. The molecule has 1 aromatic carbocycles. The number of hydrogen-bond acceptors (Lipinski definition) is 4. The lowest BCUT2D eigenvalue weighted by Gasteiger charge is -2.31. The topological polar surface area (TPSA) is 28.8 Å². The smallest absolute Gasteiger partial charge is 0.276 e. The fourth-order valence-corrected chi connectivity index (χ4v) is 3.75. The van der Waals surface area contributed by atoms with Gasteiger partial charge in [0.15, 0.2) is 0 Å². The molecule has 0 unspecified atom stereocenters. The summed E-state index contributed by atoms with van der Waals surface area (Å²) in [6, 6.07) is 17.2. The summed E-state index contributed by atoms with van der Waals surface area (Å²) in [6.07, 6.45) is 2.31. The Morgan fingerprint density at radius 1 is 0.852 bits per heavy atom. The summed E-state index contributed by atoms with van der Waals surface area (Å²) in [5.74, 6) is 1.24. The minimum absolute atomic E-state index is 0.782. The highest BCUT2D eigenvalue weighted by molar-refractivity contribution is 5.78. The van der Waals surface area contributed by atoms with Gasteiger partial charge in [-0.1, -0.05) is 30.3 Å². The Kier molecular flexibility index (Phi) is 5.70. The number of pyridine rings is 1. The molecule has 3 heterocycles. The van der Waals surface area contributed by atoms with E-state index in [4.69, 9.17) is 9.47 Å². The van der Waals surface area contributed by atoms with E-state index in [1.807, 2.05) is 0 Å². The van der Waals surface area contributed by atoms with Crippen molar-refractivity contribution in [2.45, 2.75) is 0 Å². The average molecular weight is 366 g/mol. The van der Waals surface area contributed by atoms with Crippen LogP contribution >= 0.6 is 0 Å². The first kappa shape index (κ1) is 18.0. The molecule has 2 aliphatic rings. The van der Waals surface area contributed by atoms with Crippen molar-refractivity contribution in [3.63, 3.8) is 0 Å². The Morgan fingerprint density at radius 3 is 2.22 bits per heavy atom. The zero-order valence-corrected chi connectivity index (χ0v) is 16.0. The van der Waals surface area contributed by atoms with Gasteiger partial charge in [0.05, 0.1) is 33.5 Å². The third kappa shape index (κ3) is 4.15. The van der Waals surface area contributed by atoms with Gasteiger partial charge in [0.1, 0.15) is 18.8 Å². The Bertz CT molecular complexity index is 779. The van der Waals surface area contributed by atoms with E-state index in [0.29, 0.717) is 0 Å². The molecule has 0 N–H and O–H groups in total. The molecule has 142 valence electrons. The maximum absolute atomic E-state index is 5.57. The molecule has 5 nitrogen and oxygen atoms in total. The number of morpholine rings is 2. The van der Waals surface area contributed by atoms with E-state index in [1.165, 1.54) is 22.8 Å². The fourth-order valence-electron chi connectivity index (χ4n) is 3.75. The average Bonchev–Trinajstić information content (AvgIpc) is 2.75. The molecular weight excluding hydrogens is 338 g/mol. The standard InChI is InChI=1S/C22H28N3O2/c1-23-20(8-5-9-22(23)25-12-16-27-17-13-25)18-21(19-6-3-2-4-7-19)24-10-14-26-15-11-24/h2-9,18H,10-17H2,1H3/q+1. The monoisotopic (exact) mass is 366 g/mol. The number of nitrogens with zero attached hydrogens (tertiary/aromatic N) is 3. The van der Waals surface area contributed by atoms with Crippen molar-refractivity contribution in [2.24, 2.45) is 7.05 Å². The molecule has 4 rings (SSSR count). The van der Waals surface area contributed by atoms with E-state index in [9.17, 15) is 0 Å². The predicted molar refractivity (Wildman–Crippen MR) is 107 cm³/mol. The molecule has 1 aromatic heterocycles. The number of anilines is 1. The summed E-state index contributed by atoms with van der Waals surface area (Å²) < 4.78 is 13.4. The second kappa shape index (κ2) is 8.55. The van der Waals surface area contributed by atoms with Gasteiger partial charge in [0, 0.05) is 30.9 Å². The Hall–Kier alpha value is -2.37. The van der Waals surface area contributed by atoms with Gasteiger partial charge in [-0.3, -0.25) is 4.90 Å². The molecule has 0 saturated carbocycles. The third-order valence-electron chi connectivity index (χ3n) is 5.28. The normalized spacial score (nSPS) is 18.6. The van der Waals surface area contributed by atoms with E-state index in [1.54, 1.807) is 0 Å². The van der Waals surface area contributed by atoms with Gasteiger partial charge in [0.25, 0.3) is 5.82 Å². The zero-order chi connectivity index (χ0) is 18.5. The van der Waals surface area contributed by atoms with Gasteiger partial charge in [-0.15, -0.1) is 0 Å². The second-order valence-electron chi connectivity index (χ2n) is 6.96. The first-order valence-electron chi connectivity index (χ1n) is 9.74. The second-order valence-corrected chi connectivity index (χ2v) is 6.96. The van der Waals surface area contributed by atoms with Crippen molar-refractivity contribution < 1.29 is 14.0 Å². The number of rotatable bonds is 4. The molecule has 0 amide bonds. The highest BCUT2D eigenvalue weighted by Gasteiger charge is 2.22. The van der Waals surface area contributed by atoms with Crippen LogP contribution in [0.4, 0.5) is 5.82 Å². The fraction of sp³-hybridized carbons (Fsp3) is 0.409. The molecule has 0 spiro atoms. The summed E-state index contributed by atoms with van der Waals surface area (Å²) >= 11 is 0. The van der Waals surface area contributed by atoms with E-state index < -0.39 is 0 Å². The van der Waals surface area contributed by atoms with Crippen LogP contribution in [0.5, 0.6) is 0 Å². The molecule has 0 aliphatic carbocycles. The molecule has 27 heavy (non-hydrogen) atoms. The van der Waals surface area contributed by atoms with Gasteiger partial charge in [-0.2, -0.15) is 0 Å². The predicted octanol–water partition coefficient (Wildman–Crippen LogP) is 2.18. The minimum Gasteiger partial charge on any atom is -0.378 e. The first-order chi connectivity index (χ1) is 13.3. The van der Waals surface area contributed by atoms with E-state index in [0.717, 1.165) is 52.6 Å². The highest BCUT2D eigenvalue weighted by Crippen LogP contribution is 2.23. The number of benzene rings is 1. The highest BCUT2D eigenvalue weighted by atomic mass is 16.5. The van der Waals surface area contributed by atoms with Crippen molar-refractivity contribution >= 4 is 17.6 Å². The molecule has 2 saturated heterocycles. The van der Waals surface area contributed by atoms with E-state index >= 15 is 0 Å². The summed E-state index contributed by atoms with van der Waals surface area (Å²) in [7, 11) is 2.15. The van der Waals surface area contributed by atoms with Crippen LogP contribution in [0.1, 0.15) is 11.3 Å². The van der Waals surface area contributed by atoms with Gasteiger partial charge in [0.2, 0.25) is 0 Å². The van der Waals surface area contributed by atoms with Crippen LogP contribution in [0, 0.1) is 0 Å². The van der Waals surface area contributed by atoms with Gasteiger partial charge in [-0.25, -0.2) is 4.57 Å². The van der Waals surface area contributed by atoms with E-state index in [2.05, 4.69) is 76.0 Å². The minimum atomic E-state index is 0.782. The van der Waals surface area contributed by atoms with Gasteiger partial charge >= 0.3 is 0 Å². The lowest BCUT2D eigenvalue weighted by atomic mass is 10.1. The van der Waals surface area contributed by atoms with Crippen molar-refractivity contribution in [1.82, 2.24) is 4.90 Å². The lowest BCUT2D eigenvalue weighted by Crippen LogP contribution is -2.46. The van der Waals surface area contributed by atoms with Gasteiger partial charge in [-0.05, 0) is 17.7 Å². The van der Waals surface area contributed by atoms with Crippen LogP contribution < -0.4 is 9.47 Å². The van der Waals surface area contributed by atoms with Crippen molar-refractivity contribution in [2.75, 3.05) is 57.5 Å². The number of aromatic nitrogens is 1. The lowest BCUT2D eigenvalue weighted by molar-refractivity contribution is -0.660. The molecular formula is C22H28N3O2+. The summed E-state index contributed by atoms with van der Waals surface area (Å²) in [4.78, 5) is 4.83. The Balaban J connectivity index is 1.71. The Labute approximate surface area is 161 Å². The van der Waals surface area contributed by atoms with Crippen molar-refractivity contribution in [3.8, 4) is 0 Å². The molecule has 2 aliphatic heterocycles. The number of hydrogen-bond donors (Lipinski definition) is 0. The van der Waals surface area contributed by atoms with Crippen LogP contribution in [0.15, 0.2) is 48.5 Å². The SMILES string of the molecule is C[n+]1c(C=C(c2ccccc2)N2CCOCC2)cccc1N1CCOCC1. The summed E-state index contributed by atoms with van der Waals surface area (Å²) in [6.45, 7) is 6.88. The zero-order valence-electron chi connectivity index (χ0n) is 16.0. The van der Waals surface area contributed by atoms with Gasteiger partial charge < -0.3 is 14.4 Å². The molecule has 0 radical (unpaired) electrons. The maximum atomic E-state index is 5.57. The molecule has 2 aromatic rings. The van der Waals surface area contributed by atoms with Crippen LogP contribution in [-0.4, -0.2) is 57.5 Å². The quantitative estimate of drug-likeness (QED) is 0.776. The summed E-state index contributed by atoms with van der Waals surface area (Å²) in [5, 5.41) is 0. The van der Waals surface area contributed by atoms with Crippen LogP contribution in [-0.2, 0) is 16.5 Å². The molecule has 0 atom stereocenters. The largest absolute Gasteiger partial charge is 0.378 e. The molecule has 0 bridgehead atoms. The van der Waals surface area contributed by atoms with Crippen LogP contribution in [0.25, 0.3) is 11.8 Å². The van der Waals surface area contributed by atoms with Crippen molar-refractivity contribution in [1.29, 1.82) is 0 Å². The number of ether oxygens (including phenoxy) is 2. The van der Waals surface area contributed by atoms with E-state index in [-0.39, 0.29) is 0 Å². The maximum Gasteiger partial charge on any atom is 0.276 e. The molecule has 5 heteroatoms. The molecule has 2 fully saturated rings. The Morgan fingerprint density at radius 2 is 1.52 bits per heavy atom. The van der Waals surface area contributed by atoms with Crippen LogP contribution in [0.2, 0.25) is 0 Å². The van der Waals surface area contributed by atoms with Crippen molar-refractivity contribution in [3.05, 3.63) is 59.8 Å². The summed E-state index contributed by atoms with van der Waals surface area (Å²) in [5.41, 5.74) is 3.70. The third-order valence-corrected chi connectivity index (χ3v) is 5.28.